The number of sulfonamides is 1. The Balaban J connectivity index is 1.58. The second kappa shape index (κ2) is 7.73. The molecule has 0 aliphatic carbocycles. The van der Waals surface area contributed by atoms with Crippen molar-refractivity contribution in [1.29, 1.82) is 5.26 Å². The van der Waals surface area contributed by atoms with Crippen molar-refractivity contribution in [2.45, 2.75) is 12.8 Å². The van der Waals surface area contributed by atoms with Crippen molar-refractivity contribution in [2.75, 3.05) is 30.8 Å². The molecule has 29 heavy (non-hydrogen) atoms. The molecular formula is C18H20N8O2S. The maximum Gasteiger partial charge on any atom is 0.208 e. The molecule has 3 aromatic rings. The summed E-state index contributed by atoms with van der Waals surface area (Å²) in [7, 11) is -3.20. The van der Waals surface area contributed by atoms with E-state index in [-0.39, 0.29) is 5.92 Å². The quantitative estimate of drug-likeness (QED) is 0.652. The molecule has 1 saturated heterocycles. The van der Waals surface area contributed by atoms with E-state index >= 15 is 0 Å². The fourth-order valence-corrected chi connectivity index (χ4v) is 4.02. The van der Waals surface area contributed by atoms with Crippen LogP contribution in [-0.4, -0.2) is 58.9 Å². The van der Waals surface area contributed by atoms with E-state index in [9.17, 15) is 8.42 Å². The molecule has 1 unspecified atom stereocenters. The van der Waals surface area contributed by atoms with E-state index in [0.717, 1.165) is 25.2 Å². The number of piperidine rings is 1. The SMILES string of the molecule is CS(=O)(=O)NCC1CCCN(c2cc(-c3cnc4ccc(C#N)nn34)ncn2)C1. The Kier molecular flexibility index (Phi) is 5.12. The van der Waals surface area contributed by atoms with Gasteiger partial charge in [-0.15, -0.1) is 0 Å². The first-order valence-electron chi connectivity index (χ1n) is 9.20. The molecule has 4 rings (SSSR count). The number of nitrogens with zero attached hydrogens (tertiary/aromatic N) is 7. The van der Waals surface area contributed by atoms with Crippen molar-refractivity contribution in [1.82, 2.24) is 29.3 Å². The Labute approximate surface area is 168 Å². The van der Waals surface area contributed by atoms with E-state index in [0.29, 0.717) is 35.8 Å². The third-order valence-corrected chi connectivity index (χ3v) is 5.56. The van der Waals surface area contributed by atoms with Gasteiger partial charge in [-0.05, 0) is 30.9 Å². The van der Waals surface area contributed by atoms with Crippen LogP contribution >= 0.6 is 0 Å². The summed E-state index contributed by atoms with van der Waals surface area (Å²) in [6.45, 7) is 1.97. The summed E-state index contributed by atoms with van der Waals surface area (Å²) in [5.74, 6) is 0.984. The predicted octanol–water partition coefficient (Wildman–Crippen LogP) is 0.824. The zero-order valence-electron chi connectivity index (χ0n) is 15.9. The van der Waals surface area contributed by atoms with Crippen molar-refractivity contribution in [3.63, 3.8) is 0 Å². The lowest BCUT2D eigenvalue weighted by atomic mass is 9.98. The van der Waals surface area contributed by atoms with Crippen molar-refractivity contribution < 1.29 is 8.42 Å². The van der Waals surface area contributed by atoms with Gasteiger partial charge in [-0.2, -0.15) is 10.4 Å². The zero-order valence-corrected chi connectivity index (χ0v) is 16.7. The molecule has 10 nitrogen and oxygen atoms in total. The molecule has 1 atom stereocenters. The fourth-order valence-electron chi connectivity index (χ4n) is 3.48. The standard InChI is InChI=1S/C18H20N8O2S/c1-29(27,28)23-9-13-3-2-6-25(11-13)18-7-15(21-12-22-18)16-10-20-17-5-4-14(8-19)24-26(16)17/h4-5,7,10,12-13,23H,2-3,6,9,11H2,1H3. The highest BCUT2D eigenvalue weighted by Crippen LogP contribution is 2.25. The van der Waals surface area contributed by atoms with Crippen LogP contribution < -0.4 is 9.62 Å². The van der Waals surface area contributed by atoms with Gasteiger partial charge in [0.05, 0.1) is 18.1 Å². The molecule has 1 fully saturated rings. The summed E-state index contributed by atoms with van der Waals surface area (Å²) in [5, 5.41) is 13.4. The molecule has 11 heteroatoms. The Morgan fingerprint density at radius 1 is 1.31 bits per heavy atom. The summed E-state index contributed by atoms with van der Waals surface area (Å²) in [6.07, 6.45) is 6.26. The third-order valence-electron chi connectivity index (χ3n) is 4.87. The summed E-state index contributed by atoms with van der Waals surface area (Å²) >= 11 is 0. The number of rotatable bonds is 5. The molecule has 3 aromatic heterocycles. The largest absolute Gasteiger partial charge is 0.356 e. The van der Waals surface area contributed by atoms with Crippen LogP contribution in [0, 0.1) is 17.2 Å². The van der Waals surface area contributed by atoms with Gasteiger partial charge in [-0.25, -0.2) is 32.6 Å². The smallest absolute Gasteiger partial charge is 0.208 e. The molecule has 0 aromatic carbocycles. The Morgan fingerprint density at radius 3 is 2.97 bits per heavy atom. The summed E-state index contributed by atoms with van der Waals surface area (Å²) in [5.41, 5.74) is 2.25. The van der Waals surface area contributed by atoms with E-state index in [2.05, 4.69) is 29.7 Å². The Morgan fingerprint density at radius 2 is 2.17 bits per heavy atom. The van der Waals surface area contributed by atoms with E-state index in [1.807, 2.05) is 12.1 Å². The lowest BCUT2D eigenvalue weighted by Gasteiger charge is -2.33. The average Bonchev–Trinajstić information content (AvgIpc) is 3.15. The monoisotopic (exact) mass is 412 g/mol. The van der Waals surface area contributed by atoms with Gasteiger partial charge in [0.2, 0.25) is 10.0 Å². The van der Waals surface area contributed by atoms with Crippen molar-refractivity contribution >= 4 is 21.5 Å². The van der Waals surface area contributed by atoms with Gasteiger partial charge < -0.3 is 4.90 Å². The number of nitriles is 1. The van der Waals surface area contributed by atoms with Gasteiger partial charge >= 0.3 is 0 Å². The first-order chi connectivity index (χ1) is 13.9. The van der Waals surface area contributed by atoms with Crippen LogP contribution in [0.15, 0.2) is 30.7 Å². The average molecular weight is 412 g/mol. The van der Waals surface area contributed by atoms with Gasteiger partial charge in [0.15, 0.2) is 11.3 Å². The van der Waals surface area contributed by atoms with Crippen LogP contribution in [0.3, 0.4) is 0 Å². The lowest BCUT2D eigenvalue weighted by Crippen LogP contribution is -2.41. The van der Waals surface area contributed by atoms with Gasteiger partial charge in [0.25, 0.3) is 0 Å². The maximum atomic E-state index is 11.4. The molecule has 150 valence electrons. The van der Waals surface area contributed by atoms with Crippen LogP contribution in [0.4, 0.5) is 5.82 Å². The molecule has 1 aliphatic rings. The number of nitrogens with one attached hydrogen (secondary N) is 1. The minimum atomic E-state index is -3.20. The zero-order chi connectivity index (χ0) is 20.4. The molecule has 0 spiro atoms. The molecule has 1 aliphatic heterocycles. The highest BCUT2D eigenvalue weighted by molar-refractivity contribution is 7.88. The van der Waals surface area contributed by atoms with Crippen LogP contribution in [0.5, 0.6) is 0 Å². The lowest BCUT2D eigenvalue weighted by molar-refractivity contribution is 0.409. The van der Waals surface area contributed by atoms with Crippen LogP contribution in [0.2, 0.25) is 0 Å². The second-order valence-corrected chi connectivity index (χ2v) is 8.91. The normalized spacial score (nSPS) is 17.4. The first kappa shape index (κ1) is 19.2. The minimum absolute atomic E-state index is 0.215. The summed E-state index contributed by atoms with van der Waals surface area (Å²) in [4.78, 5) is 15.2. The van der Waals surface area contributed by atoms with Crippen LogP contribution in [0.25, 0.3) is 17.0 Å². The molecular weight excluding hydrogens is 392 g/mol. The van der Waals surface area contributed by atoms with Crippen LogP contribution in [-0.2, 0) is 10.0 Å². The van der Waals surface area contributed by atoms with Crippen molar-refractivity contribution in [3.8, 4) is 17.5 Å². The van der Waals surface area contributed by atoms with Gasteiger partial charge in [0.1, 0.15) is 23.9 Å². The molecule has 4 heterocycles. The topological polar surface area (TPSA) is 129 Å². The van der Waals surface area contributed by atoms with Crippen molar-refractivity contribution in [2.24, 2.45) is 5.92 Å². The number of fused-ring (bicyclic) bond motifs is 1. The third kappa shape index (κ3) is 4.33. The number of hydrogen-bond acceptors (Lipinski definition) is 8. The number of anilines is 1. The minimum Gasteiger partial charge on any atom is -0.356 e. The summed E-state index contributed by atoms with van der Waals surface area (Å²) < 4.78 is 26.9. The van der Waals surface area contributed by atoms with Crippen molar-refractivity contribution in [3.05, 3.63) is 36.4 Å². The molecule has 0 radical (unpaired) electrons. The van der Waals surface area contributed by atoms with Gasteiger partial charge in [-0.1, -0.05) is 0 Å². The summed E-state index contributed by atoms with van der Waals surface area (Å²) in [6, 6.07) is 7.26. The van der Waals surface area contributed by atoms with E-state index in [4.69, 9.17) is 5.26 Å². The van der Waals surface area contributed by atoms with E-state index in [1.54, 1.807) is 22.8 Å². The van der Waals surface area contributed by atoms with E-state index < -0.39 is 10.0 Å². The van der Waals surface area contributed by atoms with Gasteiger partial charge in [0, 0.05) is 25.7 Å². The Hall–Kier alpha value is -3.10. The second-order valence-electron chi connectivity index (χ2n) is 7.08. The Bertz CT molecular complexity index is 1180. The highest BCUT2D eigenvalue weighted by atomic mass is 32.2. The van der Waals surface area contributed by atoms with Crippen LogP contribution in [0.1, 0.15) is 18.5 Å². The molecule has 0 bridgehead atoms. The first-order valence-corrected chi connectivity index (χ1v) is 11.1. The predicted molar refractivity (Wildman–Crippen MR) is 107 cm³/mol. The van der Waals surface area contributed by atoms with E-state index in [1.165, 1.54) is 12.6 Å². The number of hydrogen-bond donors (Lipinski definition) is 1. The molecule has 1 N–H and O–H groups in total. The number of aromatic nitrogens is 5. The number of imidazole rings is 1. The fraction of sp³-hybridized carbons (Fsp3) is 0.389. The highest BCUT2D eigenvalue weighted by Gasteiger charge is 2.22. The van der Waals surface area contributed by atoms with Gasteiger partial charge in [-0.3, -0.25) is 0 Å². The molecule has 0 amide bonds. The molecule has 0 saturated carbocycles. The maximum absolute atomic E-state index is 11.4.